The number of phosphoric acid groups is 1. The van der Waals surface area contributed by atoms with Gasteiger partial charge in [0.25, 0.3) is 0 Å². The molecule has 736 valence electrons. The van der Waals surface area contributed by atoms with Crippen molar-refractivity contribution in [2.24, 2.45) is 0 Å². The van der Waals surface area contributed by atoms with Crippen LogP contribution in [0.4, 0.5) is 0 Å². The summed E-state index contributed by atoms with van der Waals surface area (Å²) in [7, 11) is -120. The van der Waals surface area contributed by atoms with Crippen LogP contribution in [0.5, 0.6) is 0 Å². The molecule has 5 rings (SSSR count). The fourth-order valence-corrected chi connectivity index (χ4v) is 17.7. The van der Waals surface area contributed by atoms with Gasteiger partial charge in [-0.05, 0) is 0 Å². The summed E-state index contributed by atoms with van der Waals surface area (Å²) in [6.45, 7) is -13.4. The molecule has 5 fully saturated rings. The van der Waals surface area contributed by atoms with Crippen molar-refractivity contribution in [3.63, 3.8) is 0 Å². The van der Waals surface area contributed by atoms with E-state index in [1.165, 1.54) is 0 Å². The van der Waals surface area contributed by atoms with Gasteiger partial charge in [-0.15, -0.1) is 0 Å². The largest absolute Gasteiger partial charge is 1.00 e. The fourth-order valence-electron chi connectivity index (χ4n) is 10.4. The zero-order chi connectivity index (χ0) is 95.9. The number of rotatable bonds is 47. The van der Waals surface area contributed by atoms with Crippen molar-refractivity contribution < 1.29 is 868 Å². The molecule has 112 heteroatoms. The van der Waals surface area contributed by atoms with Gasteiger partial charge in [0.05, 0.1) is 40.9 Å². The first kappa shape index (κ1) is 187. The maximum absolute atomic E-state index is 13.1. The maximum atomic E-state index is 13.1. The normalized spacial score (nSPS) is 28.6. The molecule has 0 radical (unpaired) electrons. The van der Waals surface area contributed by atoms with Crippen LogP contribution in [0.25, 0.3) is 0 Å². The van der Waals surface area contributed by atoms with E-state index in [9.17, 15) is 222 Å². The summed E-state index contributed by atoms with van der Waals surface area (Å²) in [4.78, 5) is 23.4. The summed E-state index contributed by atoms with van der Waals surface area (Å²) in [5.41, 5.74) is 0. The average Bonchev–Trinajstić information content (AvgIpc) is 0.743. The Kier molecular flexibility index (Phi) is 100. The Morgan fingerprint density at radius 3 is 0.472 bits per heavy atom. The molecule has 0 aromatic heterocycles. The van der Waals surface area contributed by atoms with Crippen molar-refractivity contribution in [1.82, 2.24) is 0 Å². The molecule has 0 aliphatic carbocycles. The second kappa shape index (κ2) is 75.9. The van der Waals surface area contributed by atoms with Crippen LogP contribution in [0.1, 0.15) is 0 Å². The van der Waals surface area contributed by atoms with E-state index in [0.29, 0.717) is 0 Å². The molecule has 0 saturated carbocycles. The Balaban J connectivity index is -0.000000759. The molecule has 0 unspecified atom stereocenters. The quantitative estimate of drug-likeness (QED) is 0.0236. The predicted octanol–water partition coefficient (Wildman–Crippen LogP) is -75.2. The van der Waals surface area contributed by atoms with Gasteiger partial charge in [-0.3, -0.25) is 62.7 Å². The molecule has 0 N–H and O–H groups in total. The molecule has 0 aromatic rings. The second-order valence-corrected chi connectivity index (χ2v) is 39.8. The third kappa shape index (κ3) is 75.8. The molecule has 5 aliphatic rings. The van der Waals surface area contributed by atoms with Crippen molar-refractivity contribution >= 4 is 174 Å². The monoisotopic (exact) mass is 2580 g/mol. The number of ether oxygens (including phenoxy) is 9. The van der Waals surface area contributed by atoms with Crippen molar-refractivity contribution in [2.45, 2.75) is 154 Å². The van der Waals surface area contributed by atoms with Crippen LogP contribution >= 0.6 is 7.82 Å². The van der Waals surface area contributed by atoms with Gasteiger partial charge in [0.2, 0.25) is 173 Å². The molecule has 77 nitrogen and oxygen atoms in total. The van der Waals surface area contributed by atoms with E-state index in [4.69, 9.17) is 42.6 Å². The minimum atomic E-state index is -7.54. The molecule has 5 aliphatic heterocycles. The summed E-state index contributed by atoms with van der Waals surface area (Å²) in [6.07, 6.45) is -105. The van der Waals surface area contributed by atoms with Gasteiger partial charge >= 0.3 is 532 Å². The summed E-state index contributed by atoms with van der Waals surface area (Å²) in [5, 5.41) is 0. The molecular formula is C30H35Na18O77PS16. The zero-order valence-electron chi connectivity index (χ0n) is 74.4. The molecule has 0 aromatic carbocycles. The van der Waals surface area contributed by atoms with Crippen LogP contribution in [0.2, 0.25) is 0 Å². The molecule has 5 saturated heterocycles. The Bertz CT molecular complexity index is 5850. The summed E-state index contributed by atoms with van der Waals surface area (Å²) in [6, 6.07) is 0. The third-order valence-electron chi connectivity index (χ3n) is 13.8. The van der Waals surface area contributed by atoms with Gasteiger partial charge in [0.15, 0.2) is 49.6 Å². The van der Waals surface area contributed by atoms with Crippen molar-refractivity contribution in [1.29, 1.82) is 0 Å². The maximum Gasteiger partial charge on any atom is 1.00 e. The van der Waals surface area contributed by atoms with E-state index in [1.807, 2.05) is 0 Å². The van der Waals surface area contributed by atoms with E-state index in [2.05, 4.69) is 71.5 Å². The molecule has 0 bridgehead atoms. The smallest absolute Gasteiger partial charge is 0.790 e. The average molecular weight is 2590 g/mol. The predicted molar refractivity (Wildman–Crippen MR) is 310 cm³/mol. The summed E-state index contributed by atoms with van der Waals surface area (Å²) < 4.78 is 719. The van der Waals surface area contributed by atoms with E-state index >= 15 is 0 Å². The van der Waals surface area contributed by atoms with E-state index < -0.39 is 361 Å². The fraction of sp³-hybridized carbons (Fsp3) is 1.00. The first-order valence-corrected chi connectivity index (χ1v) is 51.4. The van der Waals surface area contributed by atoms with Crippen LogP contribution < -0.4 is 542 Å². The van der Waals surface area contributed by atoms with Gasteiger partial charge < -0.3 is 134 Å². The molecule has 0 spiro atoms. The SMILES string of the molecule is O=P([O-])([O-])OC[C@H]1O[C@H](O[C@@H]2[C@H](OS(=O)(=O)[O-])[C@@H](O[C@@H]3[C@H](OS(=O)(=O)[O-])[C@@H](O[C@@H]4[C@H](OS(=O)(=O)[O-])[C@@H](O[C@@H]5[C@@H](OS(=O)(=O)[O-])O[C@H](COS(=O)(=O)[O-])[C@@H](OS(=O)(=O)[O-])[C@@H]5OS(=O)(=O)[O-])O[C@H](COS(=O)(=O)[O-])[C@H]4OS(=O)(=O)[O-])O[C@H](COS(=O)(=O)[O-])[C@H]3OS(=O)(=O)[O-])O[C@H](COS(=O)(=O)[O-])[C@H]2OS(=O)(=O)[O-])[C@@H](OS(=O)(=O)[O-])[C@@H](OS(=O)(=O)[O-])[C@@H]1OS(=O)(=O)[O-].[Na+].[Na+].[Na+].[Na+].[Na+].[Na+].[Na+].[Na+].[Na+].[Na+].[Na+].[Na+].[Na+].[Na+].[Na+].[Na+].[Na+].[Na+]. The number of hydrogen-bond donors (Lipinski definition) is 0. The van der Waals surface area contributed by atoms with Crippen LogP contribution in [0, 0.1) is 0 Å². The number of phosphoric ester groups is 1. The number of hydrogen-bond acceptors (Lipinski definition) is 77. The van der Waals surface area contributed by atoms with Gasteiger partial charge in [-0.25, -0.2) is 139 Å². The van der Waals surface area contributed by atoms with Crippen LogP contribution in [0.15, 0.2) is 0 Å². The zero-order valence-corrected chi connectivity index (χ0v) is 124. The summed E-state index contributed by atoms with van der Waals surface area (Å²) >= 11 is 0. The van der Waals surface area contributed by atoms with E-state index in [0.717, 1.165) is 0 Å². The molecule has 25 atom stereocenters. The van der Waals surface area contributed by atoms with E-state index in [1.54, 1.807) is 0 Å². The first-order chi connectivity index (χ1) is 55.0. The van der Waals surface area contributed by atoms with Crippen molar-refractivity contribution in [3.05, 3.63) is 0 Å². The van der Waals surface area contributed by atoms with E-state index in [-0.39, 0.29) is 532 Å². The van der Waals surface area contributed by atoms with Crippen LogP contribution in [-0.4, -0.2) is 394 Å². The Morgan fingerprint density at radius 1 is 0.169 bits per heavy atom. The van der Waals surface area contributed by atoms with Gasteiger partial charge in [0.1, 0.15) is 97.7 Å². The first-order valence-electron chi connectivity index (χ1n) is 28.6. The molecule has 0 amide bonds. The Hall–Kier alpha value is 15.7. The Labute approximate surface area is 1200 Å². The van der Waals surface area contributed by atoms with Crippen LogP contribution in [-0.2, 0) is 285 Å². The van der Waals surface area contributed by atoms with Gasteiger partial charge in [0, 0.05) is 0 Å². The third-order valence-corrected chi connectivity index (χ3v) is 21.4. The van der Waals surface area contributed by atoms with Gasteiger partial charge in [-0.1, -0.05) is 0 Å². The molecular weight excluding hydrogens is 2550 g/mol. The minimum absolute atomic E-state index is 0. The van der Waals surface area contributed by atoms with Crippen LogP contribution in [0.3, 0.4) is 0 Å². The van der Waals surface area contributed by atoms with Gasteiger partial charge in [-0.2, -0.15) is 0 Å². The molecule has 5 heterocycles. The molecule has 142 heavy (non-hydrogen) atoms. The topological polar surface area (TPSA) is 1220 Å². The standard InChI is InChI=1S/C30H53O77PS16.18Na/c31-108(32,33)82-1-6-14(99-116(55,56)57)20(102-119(64,65)66)25(106-123(76,77)78)29(87-6)94-17-12(97-114(49,50)51)8(3-84-110(37,38)39)89-27(23(17)104-121(70,71)72)92-16-11(96-113(46,47)48)7(2-83-109(34,35)36)88-26(22(16)103-120(67,68)69)93-18-13(98-115(52,53)54)9(4-85-111(40,41)42)90-28(24(18)105-122(73,74)75)95-21-19(101-118(61,62)63)15(100-117(58,59)60)10(5-86-112(43,44)45)91-30(21)107-124(79,80)81;;;;;;;;;;;;;;;;;;/h6-30H,1-5H2,(H2,31,32,33)(H,34,35,36)(H,37,38,39)(H,40,41,42)(H,43,44,45)(H,46,47,48)(H,49,50,51)(H,52,53,54)(H,55,56,57)(H,58,59,60)(H,61,62,63)(H,64,65,66)(H,67,68,69)(H,70,71,72)(H,73,74,75)(H,76,77,78)(H,79,80,81);;;;;;;;;;;;;;;;;;/q;18*+1/p-18/t6-,7-,8-,9-,10-,11-,12-,13-,14-,15-,16+,17+,18+,19+,20+,21+,22+,23+,24+,25+,26-,27-,28-,29-,30-;;;;;;;;;;;;;;;;;;/m1................../s1. The van der Waals surface area contributed by atoms with Crippen molar-refractivity contribution in [2.75, 3.05) is 33.0 Å². The van der Waals surface area contributed by atoms with Crippen molar-refractivity contribution in [3.8, 4) is 0 Å². The minimum Gasteiger partial charge on any atom is -0.790 e. The Morgan fingerprint density at radius 2 is 0.303 bits per heavy atom. The second-order valence-electron chi connectivity index (χ2n) is 22.3. The summed E-state index contributed by atoms with van der Waals surface area (Å²) in [5.74, 6) is 0.